The van der Waals surface area contributed by atoms with E-state index in [2.05, 4.69) is 39.0 Å². The second-order valence-electron chi connectivity index (χ2n) is 5.89. The highest BCUT2D eigenvalue weighted by molar-refractivity contribution is 5.34. The van der Waals surface area contributed by atoms with Crippen LogP contribution in [0.15, 0.2) is 18.2 Å². The second kappa shape index (κ2) is 7.68. The molecule has 112 valence electrons. The van der Waals surface area contributed by atoms with Crippen LogP contribution < -0.4 is 4.74 Å². The van der Waals surface area contributed by atoms with E-state index < -0.39 is 0 Å². The van der Waals surface area contributed by atoms with E-state index in [1.54, 1.807) is 0 Å². The zero-order chi connectivity index (χ0) is 14.4. The van der Waals surface area contributed by atoms with E-state index in [0.29, 0.717) is 18.8 Å². The van der Waals surface area contributed by atoms with Crippen molar-refractivity contribution in [2.45, 2.75) is 78.1 Å². The van der Waals surface area contributed by atoms with E-state index in [-0.39, 0.29) is 0 Å². The molecule has 0 unspecified atom stereocenters. The van der Waals surface area contributed by atoms with Crippen LogP contribution in [0.1, 0.15) is 63.5 Å². The minimum absolute atomic E-state index is 0.391. The molecule has 20 heavy (non-hydrogen) atoms. The molecule has 2 heteroatoms. The average molecular weight is 276 g/mol. The topological polar surface area (TPSA) is 18.5 Å². The predicted octanol–water partition coefficient (Wildman–Crippen LogP) is 5.02. The van der Waals surface area contributed by atoms with Crippen LogP contribution in [0.25, 0.3) is 0 Å². The molecule has 1 saturated carbocycles. The largest absolute Gasteiger partial charge is 0.490 e. The fourth-order valence-corrected chi connectivity index (χ4v) is 2.30. The number of rotatable bonds is 9. The monoisotopic (exact) mass is 276 g/mol. The molecule has 2 rings (SSSR count). The zero-order valence-corrected chi connectivity index (χ0v) is 13.2. The maximum atomic E-state index is 6.08. The van der Waals surface area contributed by atoms with Gasteiger partial charge in [0.2, 0.25) is 0 Å². The Morgan fingerprint density at radius 1 is 1.25 bits per heavy atom. The summed E-state index contributed by atoms with van der Waals surface area (Å²) in [7, 11) is 0. The maximum absolute atomic E-state index is 6.08. The van der Waals surface area contributed by atoms with Crippen LogP contribution in [0.5, 0.6) is 5.75 Å². The molecule has 1 aromatic carbocycles. The van der Waals surface area contributed by atoms with Gasteiger partial charge in [-0.25, -0.2) is 0 Å². The van der Waals surface area contributed by atoms with Gasteiger partial charge in [-0.05, 0) is 55.9 Å². The molecule has 0 spiro atoms. The van der Waals surface area contributed by atoms with Gasteiger partial charge in [-0.2, -0.15) is 0 Å². The molecule has 1 aliphatic rings. The molecule has 0 saturated heterocycles. The lowest BCUT2D eigenvalue weighted by Gasteiger charge is -2.17. The molecule has 0 N–H and O–H groups in total. The lowest BCUT2D eigenvalue weighted by Crippen LogP contribution is -2.12. The molecule has 1 aliphatic carbocycles. The summed E-state index contributed by atoms with van der Waals surface area (Å²) < 4.78 is 11.9. The van der Waals surface area contributed by atoms with Crippen molar-refractivity contribution in [2.24, 2.45) is 0 Å². The Balaban J connectivity index is 1.89. The molecule has 0 bridgehead atoms. The Bertz CT molecular complexity index is 410. The minimum Gasteiger partial charge on any atom is -0.490 e. The summed E-state index contributed by atoms with van der Waals surface area (Å²) in [5, 5.41) is 0. The van der Waals surface area contributed by atoms with E-state index in [4.69, 9.17) is 9.47 Å². The number of hydrogen-bond donors (Lipinski definition) is 0. The van der Waals surface area contributed by atoms with Gasteiger partial charge in [0.1, 0.15) is 5.75 Å². The van der Waals surface area contributed by atoms with Gasteiger partial charge in [0, 0.05) is 0 Å². The Kier molecular flexibility index (Phi) is 5.90. The van der Waals surface area contributed by atoms with Gasteiger partial charge < -0.3 is 9.47 Å². The first-order valence-electron chi connectivity index (χ1n) is 8.10. The summed E-state index contributed by atoms with van der Waals surface area (Å²) in [5.74, 6) is 0.998. The van der Waals surface area contributed by atoms with Gasteiger partial charge in [0.05, 0.1) is 18.8 Å². The molecule has 1 aromatic rings. The van der Waals surface area contributed by atoms with Crippen molar-refractivity contribution < 1.29 is 9.47 Å². The van der Waals surface area contributed by atoms with E-state index >= 15 is 0 Å². The first-order valence-corrected chi connectivity index (χ1v) is 8.10. The SMILES string of the molecule is CCCC[C@@H](CC)OCc1cc(OC2CC2)ccc1C. The van der Waals surface area contributed by atoms with E-state index in [9.17, 15) is 0 Å². The Morgan fingerprint density at radius 3 is 2.70 bits per heavy atom. The van der Waals surface area contributed by atoms with Crippen molar-refractivity contribution in [2.75, 3.05) is 0 Å². The summed E-state index contributed by atoms with van der Waals surface area (Å²) in [6, 6.07) is 6.37. The standard InChI is InChI=1S/C18H28O2/c1-4-6-7-16(5-2)19-13-15-12-18(9-8-14(15)3)20-17-10-11-17/h8-9,12,16-17H,4-7,10-11,13H2,1-3H3/t16-/m1/s1. The van der Waals surface area contributed by atoms with Crippen LogP contribution >= 0.6 is 0 Å². The third-order valence-corrected chi connectivity index (χ3v) is 3.96. The first-order chi connectivity index (χ1) is 9.72. The summed E-state index contributed by atoms with van der Waals surface area (Å²) >= 11 is 0. The van der Waals surface area contributed by atoms with E-state index in [1.165, 1.54) is 43.2 Å². The summed E-state index contributed by atoms with van der Waals surface area (Å²) in [6.07, 6.45) is 8.01. The highest BCUT2D eigenvalue weighted by Crippen LogP contribution is 2.28. The van der Waals surface area contributed by atoms with Gasteiger partial charge in [0.15, 0.2) is 0 Å². The fraction of sp³-hybridized carbons (Fsp3) is 0.667. The molecule has 1 fully saturated rings. The number of ether oxygens (including phenoxy) is 2. The van der Waals surface area contributed by atoms with Crippen LogP contribution in [0.2, 0.25) is 0 Å². The summed E-state index contributed by atoms with van der Waals surface area (Å²) in [4.78, 5) is 0. The summed E-state index contributed by atoms with van der Waals surface area (Å²) in [5.41, 5.74) is 2.55. The normalized spacial score (nSPS) is 16.1. The highest BCUT2D eigenvalue weighted by Gasteiger charge is 2.23. The molecule has 0 aliphatic heterocycles. The fourth-order valence-electron chi connectivity index (χ4n) is 2.30. The maximum Gasteiger partial charge on any atom is 0.120 e. The third-order valence-electron chi connectivity index (χ3n) is 3.96. The quantitative estimate of drug-likeness (QED) is 0.630. The molecule has 0 aromatic heterocycles. The number of aryl methyl sites for hydroxylation is 1. The lowest BCUT2D eigenvalue weighted by atomic mass is 10.1. The van der Waals surface area contributed by atoms with Crippen molar-refractivity contribution >= 4 is 0 Å². The molecule has 0 heterocycles. The van der Waals surface area contributed by atoms with Crippen molar-refractivity contribution in [3.8, 4) is 5.75 Å². The lowest BCUT2D eigenvalue weighted by molar-refractivity contribution is 0.0309. The van der Waals surface area contributed by atoms with Crippen LogP contribution in [-0.2, 0) is 11.3 Å². The number of benzene rings is 1. The smallest absolute Gasteiger partial charge is 0.120 e. The Morgan fingerprint density at radius 2 is 2.05 bits per heavy atom. The van der Waals surface area contributed by atoms with Gasteiger partial charge in [-0.3, -0.25) is 0 Å². The van der Waals surface area contributed by atoms with E-state index in [0.717, 1.165) is 12.2 Å². The average Bonchev–Trinajstić information content (AvgIpc) is 3.26. The Labute approximate surface area is 123 Å². The van der Waals surface area contributed by atoms with Crippen molar-refractivity contribution in [3.63, 3.8) is 0 Å². The minimum atomic E-state index is 0.391. The van der Waals surface area contributed by atoms with Crippen LogP contribution in [-0.4, -0.2) is 12.2 Å². The number of hydrogen-bond acceptors (Lipinski definition) is 2. The van der Waals surface area contributed by atoms with Crippen molar-refractivity contribution in [1.29, 1.82) is 0 Å². The van der Waals surface area contributed by atoms with Gasteiger partial charge in [0.25, 0.3) is 0 Å². The Hall–Kier alpha value is -1.02. The molecular weight excluding hydrogens is 248 g/mol. The van der Waals surface area contributed by atoms with Crippen LogP contribution in [0.4, 0.5) is 0 Å². The molecule has 1 atom stereocenters. The third kappa shape index (κ3) is 4.82. The molecule has 0 amide bonds. The highest BCUT2D eigenvalue weighted by atomic mass is 16.5. The predicted molar refractivity (Wildman–Crippen MR) is 83.2 cm³/mol. The number of unbranched alkanes of at least 4 members (excludes halogenated alkanes) is 1. The summed E-state index contributed by atoms with van der Waals surface area (Å²) in [6.45, 7) is 7.29. The van der Waals surface area contributed by atoms with E-state index in [1.807, 2.05) is 0 Å². The first kappa shape index (κ1) is 15.4. The van der Waals surface area contributed by atoms with Crippen molar-refractivity contribution in [3.05, 3.63) is 29.3 Å². The van der Waals surface area contributed by atoms with Crippen LogP contribution in [0, 0.1) is 6.92 Å². The van der Waals surface area contributed by atoms with Crippen LogP contribution in [0.3, 0.4) is 0 Å². The van der Waals surface area contributed by atoms with Crippen molar-refractivity contribution in [1.82, 2.24) is 0 Å². The molecule has 0 radical (unpaired) electrons. The van der Waals surface area contributed by atoms with Gasteiger partial charge in [-0.15, -0.1) is 0 Å². The van der Waals surface area contributed by atoms with Gasteiger partial charge in [-0.1, -0.05) is 32.8 Å². The molecule has 2 nitrogen and oxygen atoms in total. The molecular formula is C18H28O2. The second-order valence-corrected chi connectivity index (χ2v) is 5.89. The van der Waals surface area contributed by atoms with Gasteiger partial charge >= 0.3 is 0 Å². The zero-order valence-electron chi connectivity index (χ0n) is 13.2.